The number of amides is 2. The van der Waals surface area contributed by atoms with Crippen LogP contribution in [-0.4, -0.2) is 53.1 Å². The third kappa shape index (κ3) is 5.05. The van der Waals surface area contributed by atoms with E-state index in [1.165, 1.54) is 12.3 Å². The summed E-state index contributed by atoms with van der Waals surface area (Å²) < 4.78 is 44.1. The highest BCUT2D eigenvalue weighted by Gasteiger charge is 2.40. The number of carbonyl (C=O) groups excluding carboxylic acids is 2. The third-order valence-electron chi connectivity index (χ3n) is 5.47. The predicted octanol–water partition coefficient (Wildman–Crippen LogP) is 3.67. The second kappa shape index (κ2) is 8.07. The lowest BCUT2D eigenvalue weighted by atomic mass is 9.85. The summed E-state index contributed by atoms with van der Waals surface area (Å²) in [4.78, 5) is 31.4. The van der Waals surface area contributed by atoms with Crippen LogP contribution in [0, 0.1) is 5.41 Å². The Morgan fingerprint density at radius 3 is 2.33 bits per heavy atom. The van der Waals surface area contributed by atoms with Gasteiger partial charge >= 0.3 is 6.18 Å². The van der Waals surface area contributed by atoms with Gasteiger partial charge in [-0.25, -0.2) is 0 Å². The highest BCUT2D eigenvalue weighted by molar-refractivity contribution is 5.96. The van der Waals surface area contributed by atoms with Gasteiger partial charge in [0, 0.05) is 30.9 Å². The Bertz CT molecular complexity index is 812. The van der Waals surface area contributed by atoms with E-state index in [1.54, 1.807) is 4.90 Å². The molecule has 1 aromatic rings. The van der Waals surface area contributed by atoms with Crippen LogP contribution in [0.3, 0.4) is 0 Å². The van der Waals surface area contributed by atoms with Gasteiger partial charge < -0.3 is 15.0 Å². The van der Waals surface area contributed by atoms with Crippen LogP contribution in [0.1, 0.15) is 68.9 Å². The number of nitrogens with one attached hydrogen (secondary N) is 1. The first-order chi connectivity index (χ1) is 13.9. The van der Waals surface area contributed by atoms with Crippen molar-refractivity contribution in [3.8, 4) is 5.75 Å². The first-order valence-electron chi connectivity index (χ1n) is 10.2. The average Bonchev–Trinajstić information content (AvgIpc) is 3.40. The monoisotopic (exact) mass is 427 g/mol. The van der Waals surface area contributed by atoms with E-state index in [9.17, 15) is 22.8 Å². The minimum atomic E-state index is -4.52. The van der Waals surface area contributed by atoms with Crippen LogP contribution in [0.4, 0.5) is 13.2 Å². The minimum absolute atomic E-state index is 0.0175. The molecular weight excluding hydrogens is 399 g/mol. The molecular formula is C21H28F3N3O3. The van der Waals surface area contributed by atoms with E-state index in [0.717, 1.165) is 26.2 Å². The van der Waals surface area contributed by atoms with Gasteiger partial charge in [-0.15, -0.1) is 0 Å². The van der Waals surface area contributed by atoms with Crippen molar-refractivity contribution >= 4 is 11.8 Å². The van der Waals surface area contributed by atoms with E-state index in [4.69, 9.17) is 4.74 Å². The van der Waals surface area contributed by atoms with Crippen LogP contribution in [0.25, 0.3) is 0 Å². The summed E-state index contributed by atoms with van der Waals surface area (Å²) in [6, 6.07) is 0.479. The van der Waals surface area contributed by atoms with Crippen LogP contribution in [0.5, 0.6) is 5.75 Å². The van der Waals surface area contributed by atoms with Crippen molar-refractivity contribution in [2.45, 2.75) is 71.2 Å². The Kier molecular flexibility index (Phi) is 6.02. The molecule has 1 aliphatic heterocycles. The summed E-state index contributed by atoms with van der Waals surface area (Å²) in [5.74, 6) is -0.668. The lowest BCUT2D eigenvalue weighted by molar-refractivity contribution is -0.189. The molecule has 3 rings (SSSR count). The van der Waals surface area contributed by atoms with Crippen LogP contribution >= 0.6 is 0 Å². The second-order valence-electron chi connectivity index (χ2n) is 9.13. The minimum Gasteiger partial charge on any atom is -0.481 e. The molecule has 2 unspecified atom stereocenters. The Hall–Kier alpha value is -2.32. The lowest BCUT2D eigenvalue weighted by Crippen LogP contribution is -2.57. The molecule has 2 heterocycles. The number of alkyl halides is 3. The molecule has 1 N–H and O–H groups in total. The molecule has 30 heavy (non-hydrogen) atoms. The van der Waals surface area contributed by atoms with Crippen LogP contribution in [0.2, 0.25) is 0 Å². The highest BCUT2D eigenvalue weighted by atomic mass is 19.4. The van der Waals surface area contributed by atoms with Crippen molar-refractivity contribution in [1.82, 2.24) is 15.2 Å². The third-order valence-corrected chi connectivity index (χ3v) is 5.47. The largest absolute Gasteiger partial charge is 0.481 e. The highest BCUT2D eigenvalue weighted by Crippen LogP contribution is 2.44. The Morgan fingerprint density at radius 2 is 1.87 bits per heavy atom. The zero-order chi connectivity index (χ0) is 22.3. The maximum Gasteiger partial charge on any atom is 0.425 e. The van der Waals surface area contributed by atoms with Gasteiger partial charge in [0.2, 0.25) is 5.91 Å². The van der Waals surface area contributed by atoms with Crippen LogP contribution in [0.15, 0.2) is 12.3 Å². The van der Waals surface area contributed by atoms with Crippen molar-refractivity contribution in [3.63, 3.8) is 0 Å². The fraction of sp³-hybridized carbons (Fsp3) is 0.667. The number of hydrogen-bond acceptors (Lipinski definition) is 4. The number of ether oxygens (including phenoxy) is 1. The summed E-state index contributed by atoms with van der Waals surface area (Å²) in [6.45, 7) is 7.78. The van der Waals surface area contributed by atoms with Crippen molar-refractivity contribution < 1.29 is 27.5 Å². The number of pyridine rings is 1. The fourth-order valence-electron chi connectivity index (χ4n) is 3.20. The predicted molar refractivity (Wildman–Crippen MR) is 104 cm³/mol. The standard InChI is InChI=1S/C21H28F3N3O3/c1-12(21(22,23)24)30-16-10-15(25-11-14(16)13-6-7-13)18(28)26-17(20(2,3)4)19(29)27-8-5-9-27/h10-13,17H,5-9H2,1-4H3,(H,26,28). The molecule has 2 fully saturated rings. The first-order valence-corrected chi connectivity index (χ1v) is 10.2. The van der Waals surface area contributed by atoms with Crippen LogP contribution < -0.4 is 10.1 Å². The molecule has 1 aromatic heterocycles. The van der Waals surface area contributed by atoms with E-state index in [-0.39, 0.29) is 23.3 Å². The van der Waals surface area contributed by atoms with E-state index in [0.29, 0.717) is 18.7 Å². The molecule has 1 saturated heterocycles. The normalized spacial score (nSPS) is 19.0. The Balaban J connectivity index is 1.82. The molecule has 1 saturated carbocycles. The number of likely N-dealkylation sites (tertiary alicyclic amines) is 1. The maximum absolute atomic E-state index is 13.0. The average molecular weight is 427 g/mol. The molecule has 0 spiro atoms. The van der Waals surface area contributed by atoms with Gasteiger partial charge in [0.15, 0.2) is 6.10 Å². The summed E-state index contributed by atoms with van der Waals surface area (Å²) in [5, 5.41) is 2.73. The van der Waals surface area contributed by atoms with Crippen molar-refractivity contribution in [2.24, 2.45) is 5.41 Å². The molecule has 2 aliphatic rings. The number of carbonyl (C=O) groups is 2. The van der Waals surface area contributed by atoms with E-state index >= 15 is 0 Å². The Labute approximate surface area is 174 Å². The van der Waals surface area contributed by atoms with E-state index in [2.05, 4.69) is 10.3 Å². The smallest absolute Gasteiger partial charge is 0.425 e. The summed E-state index contributed by atoms with van der Waals surface area (Å²) >= 11 is 0. The lowest BCUT2D eigenvalue weighted by Gasteiger charge is -2.38. The number of rotatable bonds is 6. The molecule has 6 nitrogen and oxygen atoms in total. The maximum atomic E-state index is 13.0. The summed E-state index contributed by atoms with van der Waals surface area (Å²) in [6.07, 6.45) is -2.50. The van der Waals surface area contributed by atoms with Crippen molar-refractivity contribution in [2.75, 3.05) is 13.1 Å². The molecule has 2 amide bonds. The van der Waals surface area contributed by atoms with Gasteiger partial charge in [-0.1, -0.05) is 20.8 Å². The molecule has 0 radical (unpaired) electrons. The SMILES string of the molecule is CC(Oc1cc(C(=O)NC(C(=O)N2CCC2)C(C)(C)C)ncc1C1CC1)C(F)(F)F. The van der Waals surface area contributed by atoms with Gasteiger partial charge in [0.1, 0.15) is 17.5 Å². The van der Waals surface area contributed by atoms with Gasteiger partial charge in [-0.3, -0.25) is 14.6 Å². The zero-order valence-electron chi connectivity index (χ0n) is 17.7. The number of hydrogen-bond donors (Lipinski definition) is 1. The first kappa shape index (κ1) is 22.4. The number of aromatic nitrogens is 1. The molecule has 0 aromatic carbocycles. The molecule has 166 valence electrons. The second-order valence-corrected chi connectivity index (χ2v) is 9.13. The van der Waals surface area contributed by atoms with Gasteiger partial charge in [-0.2, -0.15) is 13.2 Å². The molecule has 2 atom stereocenters. The van der Waals surface area contributed by atoms with E-state index < -0.39 is 29.6 Å². The molecule has 1 aliphatic carbocycles. The fourth-order valence-corrected chi connectivity index (χ4v) is 3.20. The zero-order valence-corrected chi connectivity index (χ0v) is 17.7. The quantitative estimate of drug-likeness (QED) is 0.752. The summed E-state index contributed by atoms with van der Waals surface area (Å²) in [5.41, 5.74) is -0.0402. The van der Waals surface area contributed by atoms with Crippen LogP contribution in [-0.2, 0) is 4.79 Å². The number of halogens is 3. The Morgan fingerprint density at radius 1 is 1.23 bits per heavy atom. The van der Waals surface area contributed by atoms with E-state index in [1.807, 2.05) is 20.8 Å². The van der Waals surface area contributed by atoms with Crippen molar-refractivity contribution in [3.05, 3.63) is 23.5 Å². The molecule has 9 heteroatoms. The van der Waals surface area contributed by atoms with Crippen molar-refractivity contribution in [1.29, 1.82) is 0 Å². The summed E-state index contributed by atoms with van der Waals surface area (Å²) in [7, 11) is 0. The van der Waals surface area contributed by atoms with Gasteiger partial charge in [0.05, 0.1) is 0 Å². The van der Waals surface area contributed by atoms with Gasteiger partial charge in [0.25, 0.3) is 5.91 Å². The van der Waals surface area contributed by atoms with Gasteiger partial charge in [-0.05, 0) is 37.5 Å². The number of nitrogens with zero attached hydrogens (tertiary/aromatic N) is 2. The molecule has 0 bridgehead atoms. The topological polar surface area (TPSA) is 71.5 Å².